The minimum atomic E-state index is -3.97. The molecule has 0 atom stereocenters. The first-order valence-corrected chi connectivity index (χ1v) is 9.79. The molecule has 7 heteroatoms. The third kappa shape index (κ3) is 6.46. The Kier molecular flexibility index (Phi) is 9.94. The van der Waals surface area contributed by atoms with Gasteiger partial charge in [0.05, 0.1) is 0 Å². The molecule has 0 aliphatic rings. The summed E-state index contributed by atoms with van der Waals surface area (Å²) >= 11 is 0. The maximum absolute atomic E-state index is 13.5. The Morgan fingerprint density at radius 3 is 1.07 bits per heavy atom. The Morgan fingerprint density at radius 2 is 0.821 bits per heavy atom. The van der Waals surface area contributed by atoms with E-state index in [1.54, 1.807) is 18.2 Å². The molecule has 3 aromatic rings. The molecule has 5 nitrogen and oxygen atoms in total. The summed E-state index contributed by atoms with van der Waals surface area (Å²) in [4.78, 5) is 0. The number of para-hydroxylation sites is 3. The zero-order valence-electron chi connectivity index (χ0n) is 15.5. The van der Waals surface area contributed by atoms with Crippen molar-refractivity contribution in [1.82, 2.24) is 0 Å². The van der Waals surface area contributed by atoms with E-state index in [9.17, 15) is 4.57 Å². The number of hydrogen-bond acceptors (Lipinski definition) is 4. The van der Waals surface area contributed by atoms with Gasteiger partial charge in [0.1, 0.15) is 17.2 Å². The zero-order chi connectivity index (χ0) is 18.6. The van der Waals surface area contributed by atoms with E-state index in [1.165, 1.54) is 0 Å². The first-order valence-electron chi connectivity index (χ1n) is 8.32. The predicted molar refractivity (Wildman–Crippen MR) is 114 cm³/mol. The Hall–Kier alpha value is -1.11. The van der Waals surface area contributed by atoms with Crippen molar-refractivity contribution in [3.63, 3.8) is 0 Å². The standard InChI is InChI=1S/C21H21O4P.K.H2O.H/c1-16-10-4-7-13-19(16)23-26(22,24-20-14-8-5-11-17(20)2)25-21-15-9-6-12-18(21)3;;;/h4-15H,1-3H3;;1H2;. The Morgan fingerprint density at radius 1 is 0.571 bits per heavy atom. The van der Waals surface area contributed by atoms with Crippen LogP contribution in [-0.4, -0.2) is 56.9 Å². The molecule has 0 saturated heterocycles. The number of rotatable bonds is 6. The van der Waals surface area contributed by atoms with E-state index in [4.69, 9.17) is 13.6 Å². The van der Waals surface area contributed by atoms with Gasteiger partial charge in [-0.2, -0.15) is 4.57 Å². The third-order valence-corrected chi connectivity index (χ3v) is 5.17. The van der Waals surface area contributed by atoms with Gasteiger partial charge < -0.3 is 19.0 Å². The van der Waals surface area contributed by atoms with Gasteiger partial charge in [-0.05, 0) is 55.7 Å². The van der Waals surface area contributed by atoms with Gasteiger partial charge in [-0.3, -0.25) is 0 Å². The van der Waals surface area contributed by atoms with Crippen LogP contribution in [0.4, 0.5) is 0 Å². The minimum absolute atomic E-state index is 0. The summed E-state index contributed by atoms with van der Waals surface area (Å²) in [5.74, 6) is 1.37. The molecule has 0 aliphatic carbocycles. The summed E-state index contributed by atoms with van der Waals surface area (Å²) in [7, 11) is -3.97. The van der Waals surface area contributed by atoms with E-state index in [0.717, 1.165) is 16.7 Å². The van der Waals surface area contributed by atoms with E-state index in [1.807, 2.05) is 75.4 Å². The summed E-state index contributed by atoms with van der Waals surface area (Å²) < 4.78 is 30.8. The summed E-state index contributed by atoms with van der Waals surface area (Å²) in [5, 5.41) is 0. The van der Waals surface area contributed by atoms with Gasteiger partial charge in [-0.15, -0.1) is 0 Å². The fourth-order valence-corrected chi connectivity index (χ4v) is 3.84. The number of phosphoric ester groups is 1. The van der Waals surface area contributed by atoms with Crippen LogP contribution < -0.4 is 13.6 Å². The summed E-state index contributed by atoms with van der Waals surface area (Å²) in [6.07, 6.45) is 0. The second kappa shape index (κ2) is 11.2. The van der Waals surface area contributed by atoms with Gasteiger partial charge in [-0.25, -0.2) is 0 Å². The quantitative estimate of drug-likeness (QED) is 0.420. The monoisotopic (exact) mass is 426 g/mol. The fraction of sp³-hybridized carbons (Fsp3) is 0.143. The molecule has 3 rings (SSSR count). The van der Waals surface area contributed by atoms with Gasteiger partial charge in [0, 0.05) is 0 Å². The van der Waals surface area contributed by atoms with Crippen molar-refractivity contribution in [2.45, 2.75) is 20.8 Å². The molecule has 0 fully saturated rings. The average Bonchev–Trinajstić information content (AvgIpc) is 2.61. The van der Waals surface area contributed by atoms with Crippen LogP contribution in [0.25, 0.3) is 0 Å². The van der Waals surface area contributed by atoms with Crippen molar-refractivity contribution in [3.05, 3.63) is 89.5 Å². The molecule has 0 amide bonds. The van der Waals surface area contributed by atoms with Crippen LogP contribution in [0.1, 0.15) is 16.7 Å². The Bertz CT molecular complexity index is 838. The number of aryl methyl sites for hydroxylation is 3. The topological polar surface area (TPSA) is 76.3 Å². The van der Waals surface area contributed by atoms with Crippen LogP contribution in [0.2, 0.25) is 0 Å². The maximum atomic E-state index is 13.5. The molecular formula is C21H24KO5P. The van der Waals surface area contributed by atoms with Crippen molar-refractivity contribution >= 4 is 59.2 Å². The Labute approximate surface area is 208 Å². The molecule has 0 radical (unpaired) electrons. The zero-order valence-corrected chi connectivity index (χ0v) is 16.4. The van der Waals surface area contributed by atoms with Crippen LogP contribution in [-0.2, 0) is 4.57 Å². The van der Waals surface area contributed by atoms with Gasteiger partial charge in [0.15, 0.2) is 0 Å². The van der Waals surface area contributed by atoms with E-state index >= 15 is 0 Å². The van der Waals surface area contributed by atoms with E-state index in [0.29, 0.717) is 17.2 Å². The van der Waals surface area contributed by atoms with Gasteiger partial charge in [0.25, 0.3) is 0 Å². The second-order valence-corrected chi connectivity index (χ2v) is 7.46. The van der Waals surface area contributed by atoms with Crippen molar-refractivity contribution in [1.29, 1.82) is 0 Å². The van der Waals surface area contributed by atoms with Crippen LogP contribution in [0.15, 0.2) is 72.8 Å². The van der Waals surface area contributed by atoms with Crippen molar-refractivity contribution in [2.24, 2.45) is 0 Å². The normalized spacial score (nSPS) is 10.2. The first kappa shape index (κ1) is 24.9. The van der Waals surface area contributed by atoms with Crippen LogP contribution in [0, 0.1) is 20.8 Å². The molecule has 2 N–H and O–H groups in total. The van der Waals surface area contributed by atoms with E-state index < -0.39 is 7.82 Å². The summed E-state index contributed by atoms with van der Waals surface area (Å²) in [6.45, 7) is 5.63. The van der Waals surface area contributed by atoms with Crippen LogP contribution in [0.5, 0.6) is 17.2 Å². The molecule has 0 saturated carbocycles. The first-order chi connectivity index (χ1) is 12.5. The van der Waals surface area contributed by atoms with Gasteiger partial charge in [0.2, 0.25) is 0 Å². The molecule has 0 spiro atoms. The molecule has 144 valence electrons. The van der Waals surface area contributed by atoms with Crippen LogP contribution >= 0.6 is 7.82 Å². The molecule has 0 bridgehead atoms. The number of benzene rings is 3. The average molecular weight is 426 g/mol. The van der Waals surface area contributed by atoms with Gasteiger partial charge in [-0.1, -0.05) is 54.6 Å². The molecule has 0 heterocycles. The Balaban J connectivity index is 0.00000196. The summed E-state index contributed by atoms with van der Waals surface area (Å²) in [6, 6.07) is 22.0. The van der Waals surface area contributed by atoms with Crippen molar-refractivity contribution in [3.8, 4) is 17.2 Å². The number of phosphoric acid groups is 1. The van der Waals surface area contributed by atoms with E-state index in [-0.39, 0.29) is 56.9 Å². The van der Waals surface area contributed by atoms with Crippen molar-refractivity contribution in [2.75, 3.05) is 0 Å². The molecule has 0 aromatic heterocycles. The second-order valence-electron chi connectivity index (χ2n) is 6.02. The number of hydrogen-bond donors (Lipinski definition) is 0. The van der Waals surface area contributed by atoms with Crippen molar-refractivity contribution < 1.29 is 23.6 Å². The molecule has 0 aliphatic heterocycles. The fourth-order valence-electron chi connectivity index (χ4n) is 2.39. The van der Waals surface area contributed by atoms with E-state index in [2.05, 4.69) is 0 Å². The third-order valence-electron chi connectivity index (χ3n) is 3.91. The summed E-state index contributed by atoms with van der Waals surface area (Å²) in [5.41, 5.74) is 2.53. The molecule has 3 aromatic carbocycles. The molecule has 28 heavy (non-hydrogen) atoms. The molecular weight excluding hydrogens is 402 g/mol. The van der Waals surface area contributed by atoms with Gasteiger partial charge >= 0.3 is 59.2 Å². The predicted octanol–water partition coefficient (Wildman–Crippen LogP) is 4.78. The van der Waals surface area contributed by atoms with Crippen LogP contribution in [0.3, 0.4) is 0 Å². The molecule has 0 unspecified atom stereocenters. The SMILES string of the molecule is Cc1ccccc1OP(=O)(Oc1ccccc1C)Oc1ccccc1C.O.[KH].